The van der Waals surface area contributed by atoms with Gasteiger partial charge in [0.25, 0.3) is 5.91 Å². The number of hydrogen-bond donors (Lipinski definition) is 2. The van der Waals surface area contributed by atoms with Gasteiger partial charge in [-0.3, -0.25) is 4.79 Å². The zero-order valence-corrected chi connectivity index (χ0v) is 11.1. The second-order valence-electron chi connectivity index (χ2n) is 4.79. The molecule has 0 saturated heterocycles. The maximum absolute atomic E-state index is 11.8. The Balaban J connectivity index is 2.66. The maximum atomic E-state index is 11.8. The van der Waals surface area contributed by atoms with Gasteiger partial charge in [0, 0.05) is 11.6 Å². The molecule has 2 N–H and O–H groups in total. The summed E-state index contributed by atoms with van der Waals surface area (Å²) in [6, 6.07) is 6.80. The van der Waals surface area contributed by atoms with Crippen molar-refractivity contribution in [2.24, 2.45) is 5.92 Å². The summed E-state index contributed by atoms with van der Waals surface area (Å²) in [6.45, 7) is 6.43. The molecule has 0 aliphatic rings. The van der Waals surface area contributed by atoms with Crippen LogP contribution in [0.5, 0.6) is 5.75 Å². The van der Waals surface area contributed by atoms with E-state index in [2.05, 4.69) is 19.2 Å². The van der Waals surface area contributed by atoms with Gasteiger partial charge in [-0.25, -0.2) is 0 Å². The van der Waals surface area contributed by atoms with Crippen molar-refractivity contribution >= 4 is 5.91 Å². The number of carbonyl (C=O) groups excluding carboxylic acids is 1. The lowest BCUT2D eigenvalue weighted by Gasteiger charge is -2.12. The first-order chi connectivity index (χ1) is 8.52. The molecule has 0 bridgehead atoms. The quantitative estimate of drug-likeness (QED) is 0.811. The number of aliphatic hydroxyl groups is 1. The predicted octanol–water partition coefficient (Wildman–Crippen LogP) is 1.83. The van der Waals surface area contributed by atoms with Crippen molar-refractivity contribution in [3.05, 3.63) is 29.8 Å². The zero-order valence-electron chi connectivity index (χ0n) is 11.1. The first-order valence-corrected chi connectivity index (χ1v) is 6.17. The molecule has 0 fully saturated rings. The Hall–Kier alpha value is -1.55. The average Bonchev–Trinajstić information content (AvgIpc) is 2.36. The van der Waals surface area contributed by atoms with Gasteiger partial charge in [0.05, 0.1) is 13.2 Å². The molecule has 0 aliphatic heterocycles. The molecule has 4 heteroatoms. The van der Waals surface area contributed by atoms with Gasteiger partial charge >= 0.3 is 0 Å². The molecule has 0 aliphatic carbocycles. The number of ether oxygens (including phenoxy) is 1. The normalized spacial score (nSPS) is 12.3. The van der Waals surface area contributed by atoms with Gasteiger partial charge in [-0.15, -0.1) is 0 Å². The van der Waals surface area contributed by atoms with E-state index in [4.69, 9.17) is 9.84 Å². The predicted molar refractivity (Wildman–Crippen MR) is 70.8 cm³/mol. The molecule has 0 heterocycles. The highest BCUT2D eigenvalue weighted by molar-refractivity contribution is 5.94. The highest BCUT2D eigenvalue weighted by atomic mass is 16.5. The minimum atomic E-state index is -0.252. The van der Waals surface area contributed by atoms with Crippen LogP contribution in [0, 0.1) is 5.92 Å². The van der Waals surface area contributed by atoms with Gasteiger partial charge < -0.3 is 15.2 Å². The van der Waals surface area contributed by atoms with Crippen molar-refractivity contribution in [2.45, 2.75) is 26.8 Å². The highest BCUT2D eigenvalue weighted by Crippen LogP contribution is 2.14. The van der Waals surface area contributed by atoms with Crippen LogP contribution < -0.4 is 10.1 Å². The summed E-state index contributed by atoms with van der Waals surface area (Å²) in [5.41, 5.74) is 0.538. The average molecular weight is 251 g/mol. The molecule has 0 spiro atoms. The number of nitrogens with one attached hydrogen (secondary N) is 1. The molecule has 1 amide bonds. The van der Waals surface area contributed by atoms with Gasteiger partial charge in [0.2, 0.25) is 0 Å². The van der Waals surface area contributed by atoms with Crippen LogP contribution in [0.1, 0.15) is 31.1 Å². The van der Waals surface area contributed by atoms with E-state index in [1.165, 1.54) is 0 Å². The van der Waals surface area contributed by atoms with Crippen LogP contribution in [-0.4, -0.2) is 30.3 Å². The second kappa shape index (κ2) is 7.01. The van der Waals surface area contributed by atoms with Crippen LogP contribution in [0.2, 0.25) is 0 Å². The standard InChI is InChI=1S/C14H21NO3/c1-10(2)9-18-13-6-4-5-12(7-13)14(17)15-11(3)8-16/h4-7,10-11,16H,8-9H2,1-3H3,(H,15,17). The molecule has 4 nitrogen and oxygen atoms in total. The van der Waals surface area contributed by atoms with Crippen molar-refractivity contribution in [3.63, 3.8) is 0 Å². The fourth-order valence-electron chi connectivity index (χ4n) is 1.34. The van der Waals surface area contributed by atoms with Crippen LogP contribution >= 0.6 is 0 Å². The third kappa shape index (κ3) is 4.75. The lowest BCUT2D eigenvalue weighted by Crippen LogP contribution is -2.34. The van der Waals surface area contributed by atoms with Crippen molar-refractivity contribution in [1.82, 2.24) is 5.32 Å². The number of aliphatic hydroxyl groups excluding tert-OH is 1. The molecular weight excluding hydrogens is 230 g/mol. The number of benzene rings is 1. The molecule has 1 atom stereocenters. The van der Waals surface area contributed by atoms with Crippen LogP contribution in [0.15, 0.2) is 24.3 Å². The molecule has 1 rings (SSSR count). The lowest BCUT2D eigenvalue weighted by atomic mass is 10.2. The van der Waals surface area contributed by atoms with Gasteiger partial charge in [-0.1, -0.05) is 19.9 Å². The zero-order chi connectivity index (χ0) is 13.5. The second-order valence-corrected chi connectivity index (χ2v) is 4.79. The van der Waals surface area contributed by atoms with Gasteiger partial charge in [0.1, 0.15) is 5.75 Å². The van der Waals surface area contributed by atoms with E-state index in [-0.39, 0.29) is 18.6 Å². The molecule has 18 heavy (non-hydrogen) atoms. The third-order valence-electron chi connectivity index (χ3n) is 2.33. The number of carbonyl (C=O) groups is 1. The largest absolute Gasteiger partial charge is 0.493 e. The van der Waals surface area contributed by atoms with Crippen molar-refractivity contribution < 1.29 is 14.6 Å². The third-order valence-corrected chi connectivity index (χ3v) is 2.33. The summed E-state index contributed by atoms with van der Waals surface area (Å²) in [5.74, 6) is 0.927. The van der Waals surface area contributed by atoms with Crippen LogP contribution in [-0.2, 0) is 0 Å². The summed E-state index contributed by atoms with van der Waals surface area (Å²) in [5, 5.41) is 11.6. The Kier molecular flexibility index (Phi) is 5.65. The molecule has 1 aromatic rings. The van der Waals surface area contributed by atoms with Crippen LogP contribution in [0.4, 0.5) is 0 Å². The van der Waals surface area contributed by atoms with E-state index in [0.717, 1.165) is 0 Å². The smallest absolute Gasteiger partial charge is 0.251 e. The van der Waals surface area contributed by atoms with Crippen molar-refractivity contribution in [3.8, 4) is 5.75 Å². The summed E-state index contributed by atoms with van der Waals surface area (Å²) < 4.78 is 5.56. The Morgan fingerprint density at radius 3 is 2.72 bits per heavy atom. The number of amides is 1. The van der Waals surface area contributed by atoms with E-state index in [1.807, 2.05) is 6.07 Å². The maximum Gasteiger partial charge on any atom is 0.251 e. The van der Waals surface area contributed by atoms with E-state index in [9.17, 15) is 4.79 Å². The summed E-state index contributed by atoms with van der Waals surface area (Å²) in [7, 11) is 0. The monoisotopic (exact) mass is 251 g/mol. The Labute approximate surface area is 108 Å². The molecule has 0 aromatic heterocycles. The molecule has 1 unspecified atom stereocenters. The molecule has 100 valence electrons. The molecule has 1 aromatic carbocycles. The van der Waals surface area contributed by atoms with Crippen molar-refractivity contribution in [1.29, 1.82) is 0 Å². The molecule has 0 saturated carbocycles. The first kappa shape index (κ1) is 14.5. The fourth-order valence-corrected chi connectivity index (χ4v) is 1.34. The number of rotatable bonds is 6. The van der Waals surface area contributed by atoms with E-state index < -0.39 is 0 Å². The van der Waals surface area contributed by atoms with Crippen molar-refractivity contribution in [2.75, 3.05) is 13.2 Å². The fraction of sp³-hybridized carbons (Fsp3) is 0.500. The Morgan fingerprint density at radius 1 is 1.39 bits per heavy atom. The lowest BCUT2D eigenvalue weighted by molar-refractivity contribution is 0.0922. The van der Waals surface area contributed by atoms with Crippen LogP contribution in [0.3, 0.4) is 0 Å². The number of hydrogen-bond acceptors (Lipinski definition) is 3. The van der Waals surface area contributed by atoms with Gasteiger partial charge in [-0.05, 0) is 31.0 Å². The minimum absolute atomic E-state index is 0.0741. The SMILES string of the molecule is CC(C)COc1cccc(C(=O)NC(C)CO)c1. The first-order valence-electron chi connectivity index (χ1n) is 6.17. The Morgan fingerprint density at radius 2 is 2.11 bits per heavy atom. The van der Waals surface area contributed by atoms with E-state index in [0.29, 0.717) is 23.8 Å². The highest BCUT2D eigenvalue weighted by Gasteiger charge is 2.09. The summed E-state index contributed by atoms with van der Waals surface area (Å²) >= 11 is 0. The molecular formula is C14H21NO3. The topological polar surface area (TPSA) is 58.6 Å². The Bertz CT molecular complexity index is 390. The minimum Gasteiger partial charge on any atom is -0.493 e. The van der Waals surface area contributed by atoms with Crippen LogP contribution in [0.25, 0.3) is 0 Å². The van der Waals surface area contributed by atoms with Gasteiger partial charge in [0.15, 0.2) is 0 Å². The summed E-state index contributed by atoms with van der Waals surface area (Å²) in [6.07, 6.45) is 0. The molecule has 0 radical (unpaired) electrons. The van der Waals surface area contributed by atoms with Gasteiger partial charge in [-0.2, -0.15) is 0 Å². The summed E-state index contributed by atoms with van der Waals surface area (Å²) in [4.78, 5) is 11.8. The van der Waals surface area contributed by atoms with E-state index >= 15 is 0 Å². The van der Waals surface area contributed by atoms with E-state index in [1.54, 1.807) is 25.1 Å².